The number of amides is 2. The molecular weight excluding hydrogens is 510 g/mol. The number of carbonyl (C=O) groups excluding carboxylic acids is 3. The smallest absolute Gasteiger partial charge is 0.279 e. The van der Waals surface area contributed by atoms with Gasteiger partial charge in [0.25, 0.3) is 10.2 Å². The van der Waals surface area contributed by atoms with Crippen molar-refractivity contribution in [3.63, 3.8) is 0 Å². The van der Waals surface area contributed by atoms with E-state index in [1.54, 1.807) is 24.3 Å². The Hall–Kier alpha value is -2.74. The monoisotopic (exact) mass is 545 g/mol. The van der Waals surface area contributed by atoms with Crippen LogP contribution in [-0.2, 0) is 31.0 Å². The van der Waals surface area contributed by atoms with Crippen LogP contribution in [0.25, 0.3) is 0 Å². The molecule has 1 aromatic carbocycles. The minimum atomic E-state index is -3.91. The highest BCUT2D eigenvalue weighted by molar-refractivity contribution is 7.87. The summed E-state index contributed by atoms with van der Waals surface area (Å²) >= 11 is 0. The van der Waals surface area contributed by atoms with E-state index in [4.69, 9.17) is 11.5 Å². The number of nitrogens with one attached hydrogen (secondary N) is 2. The van der Waals surface area contributed by atoms with Crippen molar-refractivity contribution in [3.05, 3.63) is 35.9 Å². The van der Waals surface area contributed by atoms with E-state index in [1.807, 2.05) is 6.07 Å². The number of nitrogens with zero attached hydrogens (tertiary/aromatic N) is 3. The lowest BCUT2D eigenvalue weighted by Gasteiger charge is -2.30. The molecule has 2 rings (SSSR count). The Balaban J connectivity index is 0.00000648. The number of guanidine groups is 1. The molecule has 0 aromatic heterocycles. The average molecular weight is 546 g/mol. The fourth-order valence-electron chi connectivity index (χ4n) is 3.79. The second-order valence-electron chi connectivity index (χ2n) is 8.54. The number of aldehydes is 1. The van der Waals surface area contributed by atoms with E-state index in [-0.39, 0.29) is 24.8 Å². The summed E-state index contributed by atoms with van der Waals surface area (Å²) in [6.45, 7) is 0.631. The molecule has 202 valence electrons. The molecule has 36 heavy (non-hydrogen) atoms. The van der Waals surface area contributed by atoms with E-state index in [0.717, 1.165) is 9.87 Å². The van der Waals surface area contributed by atoms with Crippen molar-refractivity contribution >= 4 is 46.7 Å². The molecule has 0 saturated carbocycles. The number of hydrogen-bond donors (Lipinski definition) is 4. The van der Waals surface area contributed by atoms with Crippen LogP contribution in [0.3, 0.4) is 0 Å². The normalized spacial score (nSPS) is 17.1. The number of likely N-dealkylation sites (tertiary alicyclic amines) is 1. The quantitative estimate of drug-likeness (QED) is 0.108. The molecule has 1 fully saturated rings. The topological polar surface area (TPSA) is 180 Å². The molecule has 1 saturated heterocycles. The zero-order valence-electron chi connectivity index (χ0n) is 20.5. The molecule has 3 atom stereocenters. The van der Waals surface area contributed by atoms with Gasteiger partial charge in [-0.1, -0.05) is 30.3 Å². The van der Waals surface area contributed by atoms with E-state index in [2.05, 4.69) is 15.0 Å². The lowest BCUT2D eigenvalue weighted by molar-refractivity contribution is -0.140. The summed E-state index contributed by atoms with van der Waals surface area (Å²) in [6, 6.07) is 6.38. The Morgan fingerprint density at radius 2 is 1.92 bits per heavy atom. The molecule has 0 spiro atoms. The first-order valence-electron chi connectivity index (χ1n) is 11.4. The molecule has 6 N–H and O–H groups in total. The summed E-state index contributed by atoms with van der Waals surface area (Å²) in [5, 5.41) is 2.68. The Labute approximate surface area is 218 Å². The van der Waals surface area contributed by atoms with Crippen LogP contribution in [-0.4, -0.2) is 87.0 Å². The Bertz CT molecular complexity index is 1000. The Morgan fingerprint density at radius 3 is 2.50 bits per heavy atom. The van der Waals surface area contributed by atoms with Crippen molar-refractivity contribution in [2.75, 3.05) is 27.2 Å². The fourth-order valence-corrected chi connectivity index (χ4v) is 4.54. The molecule has 1 heterocycles. The minimum Gasteiger partial charge on any atom is -0.370 e. The van der Waals surface area contributed by atoms with Gasteiger partial charge in [-0.2, -0.15) is 17.4 Å². The van der Waals surface area contributed by atoms with Gasteiger partial charge in [-0.05, 0) is 37.7 Å². The summed E-state index contributed by atoms with van der Waals surface area (Å²) in [6.07, 6.45) is 2.58. The molecule has 0 radical (unpaired) electrons. The van der Waals surface area contributed by atoms with Crippen LogP contribution in [0.15, 0.2) is 35.3 Å². The highest BCUT2D eigenvalue weighted by Gasteiger charge is 2.39. The predicted octanol–water partition coefficient (Wildman–Crippen LogP) is -0.856. The van der Waals surface area contributed by atoms with Crippen molar-refractivity contribution in [2.24, 2.45) is 16.5 Å². The van der Waals surface area contributed by atoms with Crippen LogP contribution in [0.2, 0.25) is 0 Å². The van der Waals surface area contributed by atoms with E-state index < -0.39 is 40.1 Å². The number of aliphatic imine (C=N–C) groups is 1. The van der Waals surface area contributed by atoms with Crippen molar-refractivity contribution in [3.8, 4) is 0 Å². The second-order valence-corrected chi connectivity index (χ2v) is 10.5. The predicted molar refractivity (Wildman–Crippen MR) is 140 cm³/mol. The molecule has 1 aliphatic rings. The van der Waals surface area contributed by atoms with Gasteiger partial charge >= 0.3 is 0 Å². The summed E-state index contributed by atoms with van der Waals surface area (Å²) in [7, 11) is -1.18. The first kappa shape index (κ1) is 31.3. The van der Waals surface area contributed by atoms with Gasteiger partial charge in [0.05, 0.1) is 6.04 Å². The molecule has 1 aromatic rings. The molecule has 12 nitrogen and oxygen atoms in total. The van der Waals surface area contributed by atoms with Crippen LogP contribution >= 0.6 is 12.4 Å². The molecule has 0 aliphatic carbocycles. The lowest BCUT2D eigenvalue weighted by Crippen LogP contribution is -2.56. The van der Waals surface area contributed by atoms with Crippen molar-refractivity contribution in [2.45, 2.75) is 50.2 Å². The molecule has 0 bridgehead atoms. The number of hydrogen-bond acceptors (Lipinski definition) is 6. The van der Waals surface area contributed by atoms with E-state index in [1.165, 1.54) is 19.0 Å². The molecular formula is C22H36ClN7O5S. The minimum absolute atomic E-state index is 0. The van der Waals surface area contributed by atoms with Crippen LogP contribution < -0.4 is 21.5 Å². The number of carbonyl (C=O) groups is 3. The number of halogens is 1. The van der Waals surface area contributed by atoms with Gasteiger partial charge in [-0.25, -0.2) is 0 Å². The summed E-state index contributed by atoms with van der Waals surface area (Å²) in [5.74, 6) is -0.997. The van der Waals surface area contributed by atoms with E-state index in [0.29, 0.717) is 45.1 Å². The van der Waals surface area contributed by atoms with Gasteiger partial charge in [-0.15, -0.1) is 12.4 Å². The first-order valence-corrected chi connectivity index (χ1v) is 12.8. The van der Waals surface area contributed by atoms with Gasteiger partial charge in [0.1, 0.15) is 18.4 Å². The largest absolute Gasteiger partial charge is 0.370 e. The summed E-state index contributed by atoms with van der Waals surface area (Å²) in [5.41, 5.74) is 11.3. The van der Waals surface area contributed by atoms with Crippen LogP contribution in [0, 0.1) is 0 Å². The fraction of sp³-hybridized carbons (Fsp3) is 0.545. The third-order valence-corrected chi connectivity index (χ3v) is 7.19. The summed E-state index contributed by atoms with van der Waals surface area (Å²) in [4.78, 5) is 43.2. The third kappa shape index (κ3) is 9.37. The second kappa shape index (κ2) is 14.7. The molecule has 1 aliphatic heterocycles. The van der Waals surface area contributed by atoms with Crippen molar-refractivity contribution < 1.29 is 22.8 Å². The van der Waals surface area contributed by atoms with E-state index >= 15 is 0 Å². The molecule has 0 unspecified atom stereocenters. The number of nitrogens with two attached hydrogens (primary N) is 2. The van der Waals surface area contributed by atoms with Gasteiger partial charge in [-0.3, -0.25) is 14.6 Å². The highest BCUT2D eigenvalue weighted by Crippen LogP contribution is 2.20. The lowest BCUT2D eigenvalue weighted by atomic mass is 10.0. The van der Waals surface area contributed by atoms with Gasteiger partial charge in [0.15, 0.2) is 5.96 Å². The molecule has 14 heteroatoms. The maximum Gasteiger partial charge on any atom is 0.279 e. The van der Waals surface area contributed by atoms with Crippen molar-refractivity contribution in [1.82, 2.24) is 19.2 Å². The van der Waals surface area contributed by atoms with Crippen LogP contribution in [0.1, 0.15) is 31.2 Å². The third-order valence-electron chi connectivity index (χ3n) is 5.65. The SMILES string of the molecule is CN(C)S(=O)(=O)N[C@H](Cc1ccccc1)C(=O)N1CCC[C@H]1C(=O)N[C@H](C=O)CCCN=C(N)N.Cl. The first-order chi connectivity index (χ1) is 16.5. The van der Waals surface area contributed by atoms with Gasteiger partial charge < -0.3 is 26.5 Å². The van der Waals surface area contributed by atoms with Crippen LogP contribution in [0.4, 0.5) is 0 Å². The van der Waals surface area contributed by atoms with Gasteiger partial charge in [0.2, 0.25) is 11.8 Å². The van der Waals surface area contributed by atoms with Crippen LogP contribution in [0.5, 0.6) is 0 Å². The maximum absolute atomic E-state index is 13.5. The summed E-state index contributed by atoms with van der Waals surface area (Å²) < 4.78 is 28.5. The molecule has 2 amide bonds. The van der Waals surface area contributed by atoms with Crippen molar-refractivity contribution in [1.29, 1.82) is 0 Å². The number of benzene rings is 1. The number of rotatable bonds is 13. The standard InChI is InChI=1S/C22H35N7O5S.ClH/c1-28(2)35(33,34)27-18(14-16-8-4-3-5-9-16)21(32)29-13-7-11-19(29)20(31)26-17(15-30)10-6-12-25-22(23)24;/h3-5,8-9,15,17-19,27H,6-7,10-14H2,1-2H3,(H,26,31)(H4,23,24,25);1H/t17-,18+,19-;/m0./s1. The highest BCUT2D eigenvalue weighted by atomic mass is 35.5. The Kier molecular flexibility index (Phi) is 12.8. The average Bonchev–Trinajstić information content (AvgIpc) is 3.30. The zero-order chi connectivity index (χ0) is 26.0. The van der Waals surface area contributed by atoms with E-state index in [9.17, 15) is 22.8 Å². The van der Waals surface area contributed by atoms with Gasteiger partial charge in [0, 0.05) is 27.2 Å². The maximum atomic E-state index is 13.5. The zero-order valence-corrected chi connectivity index (χ0v) is 22.1. The Morgan fingerprint density at radius 1 is 1.25 bits per heavy atom.